The van der Waals surface area contributed by atoms with Gasteiger partial charge in [-0.25, -0.2) is 9.37 Å². The molecule has 1 aliphatic rings. The minimum Gasteiger partial charge on any atom is -0.353 e. The van der Waals surface area contributed by atoms with Crippen LogP contribution >= 0.6 is 11.3 Å². The predicted octanol–water partition coefficient (Wildman–Crippen LogP) is 3.35. The molecule has 1 saturated heterocycles. The maximum atomic E-state index is 14.4. The van der Waals surface area contributed by atoms with Crippen molar-refractivity contribution in [1.29, 1.82) is 0 Å². The van der Waals surface area contributed by atoms with E-state index >= 15 is 0 Å². The van der Waals surface area contributed by atoms with E-state index in [1.165, 1.54) is 0 Å². The molecule has 8 heteroatoms. The van der Waals surface area contributed by atoms with Gasteiger partial charge in [-0.05, 0) is 43.6 Å². The Morgan fingerprint density at radius 2 is 2.00 bits per heavy atom. The molecule has 1 aromatic carbocycles. The zero-order valence-corrected chi connectivity index (χ0v) is 15.2. The molecule has 1 fully saturated rings. The van der Waals surface area contributed by atoms with Crippen molar-refractivity contribution in [3.8, 4) is 10.4 Å². The molecule has 4 aromatic rings. The number of thiazole rings is 1. The number of nitrogens with zero attached hydrogens (tertiary/aromatic N) is 5. The molecule has 5 nitrogen and oxygen atoms in total. The Balaban J connectivity index is 1.49. The highest BCUT2D eigenvalue weighted by atomic mass is 32.1. The lowest BCUT2D eigenvalue weighted by Gasteiger charge is -2.28. The first-order valence-corrected chi connectivity index (χ1v) is 9.50. The predicted molar refractivity (Wildman–Crippen MR) is 102 cm³/mol. The fraction of sp³-hybridized carbons (Fsp3) is 0.333. The molecule has 0 saturated carbocycles. The molecule has 0 amide bonds. The van der Waals surface area contributed by atoms with Crippen LogP contribution in [-0.4, -0.2) is 45.0 Å². The van der Waals surface area contributed by atoms with Crippen LogP contribution in [0.25, 0.3) is 26.3 Å². The van der Waals surface area contributed by atoms with E-state index in [4.69, 9.17) is 13.0 Å². The Kier molecular flexibility index (Phi) is 3.65. The van der Waals surface area contributed by atoms with Crippen molar-refractivity contribution in [2.24, 2.45) is 7.05 Å². The van der Waals surface area contributed by atoms with Gasteiger partial charge in [0.25, 0.3) is 0 Å². The van der Waals surface area contributed by atoms with E-state index in [1.807, 2.05) is 23.3 Å². The highest BCUT2D eigenvalue weighted by Gasteiger charge is 2.21. The van der Waals surface area contributed by atoms with Gasteiger partial charge in [-0.3, -0.25) is 9.08 Å². The Labute approximate surface area is 155 Å². The van der Waals surface area contributed by atoms with Crippen molar-refractivity contribution in [1.82, 2.24) is 24.0 Å². The molecule has 4 heterocycles. The summed E-state index contributed by atoms with van der Waals surface area (Å²) in [7, 11) is 7.64. The Morgan fingerprint density at radius 3 is 2.77 bits per heavy atom. The number of imidazole rings is 1. The van der Waals surface area contributed by atoms with E-state index in [-0.39, 0.29) is 5.82 Å². The van der Waals surface area contributed by atoms with Crippen LogP contribution in [0.5, 0.6) is 0 Å². The molecular weight excluding hydrogens is 348 g/mol. The third kappa shape index (κ3) is 2.64. The summed E-state index contributed by atoms with van der Waals surface area (Å²) in [5.41, 5.74) is 2.40. The van der Waals surface area contributed by atoms with Crippen LogP contribution in [0.4, 0.5) is 4.39 Å². The number of fused-ring (bicyclic) bond motifs is 2. The highest BCUT2D eigenvalue weighted by Crippen LogP contribution is 2.34. The third-order valence-electron chi connectivity index (χ3n) is 5.08. The maximum Gasteiger partial charge on any atom is 0.194 e. The second kappa shape index (κ2) is 5.92. The van der Waals surface area contributed by atoms with E-state index in [0.29, 0.717) is 11.4 Å². The first-order chi connectivity index (χ1) is 12.6. The summed E-state index contributed by atoms with van der Waals surface area (Å²) >= 11 is 1.58. The standard InChI is InChI=1S/C18H17BFN5S/c1-23-8-13-6-12(7-14(20)17(13)22-23)16-10-24-9-15(21-18(24)26-16)11-2-4-25(19)5-3-11/h6-11H,2-5H2,1H3. The number of benzene rings is 1. The number of halogens is 1. The summed E-state index contributed by atoms with van der Waals surface area (Å²) in [5.74, 6) is 0.174. The van der Waals surface area contributed by atoms with Crippen LogP contribution in [-0.2, 0) is 7.05 Å². The van der Waals surface area contributed by atoms with E-state index in [2.05, 4.69) is 15.7 Å². The average molecular weight is 365 g/mol. The number of aryl methyl sites for hydroxylation is 1. The monoisotopic (exact) mass is 365 g/mol. The molecule has 5 rings (SSSR count). The molecule has 26 heavy (non-hydrogen) atoms. The highest BCUT2D eigenvalue weighted by molar-refractivity contribution is 7.20. The number of piperidine rings is 1. The lowest BCUT2D eigenvalue weighted by molar-refractivity contribution is 0.332. The molecule has 130 valence electrons. The van der Waals surface area contributed by atoms with E-state index in [1.54, 1.807) is 29.1 Å². The third-order valence-corrected chi connectivity index (χ3v) is 6.13. The van der Waals surface area contributed by atoms with Gasteiger partial charge < -0.3 is 4.81 Å². The number of hydrogen-bond acceptors (Lipinski definition) is 4. The molecule has 0 bridgehead atoms. The van der Waals surface area contributed by atoms with Gasteiger partial charge >= 0.3 is 0 Å². The molecule has 0 spiro atoms. The first kappa shape index (κ1) is 16.0. The van der Waals surface area contributed by atoms with Crippen LogP contribution in [0.15, 0.2) is 30.7 Å². The van der Waals surface area contributed by atoms with E-state index in [9.17, 15) is 4.39 Å². The first-order valence-electron chi connectivity index (χ1n) is 8.68. The fourth-order valence-corrected chi connectivity index (χ4v) is 4.65. The van der Waals surface area contributed by atoms with Gasteiger partial charge in [-0.2, -0.15) is 5.10 Å². The van der Waals surface area contributed by atoms with Crippen LogP contribution in [0.3, 0.4) is 0 Å². The minimum atomic E-state index is -0.293. The number of hydrogen-bond donors (Lipinski definition) is 0. The van der Waals surface area contributed by atoms with Crippen LogP contribution in [0.1, 0.15) is 24.5 Å². The van der Waals surface area contributed by atoms with Crippen LogP contribution in [0.2, 0.25) is 0 Å². The van der Waals surface area contributed by atoms with Crippen molar-refractivity contribution < 1.29 is 4.39 Å². The van der Waals surface area contributed by atoms with Gasteiger partial charge in [0, 0.05) is 36.9 Å². The summed E-state index contributed by atoms with van der Waals surface area (Å²) in [6, 6.07) is 3.53. The summed E-state index contributed by atoms with van der Waals surface area (Å²) in [5, 5.41) is 4.97. The molecular formula is C18H17BFN5S. The summed E-state index contributed by atoms with van der Waals surface area (Å²) in [4.78, 5) is 8.62. The summed E-state index contributed by atoms with van der Waals surface area (Å²) in [6.07, 6.45) is 8.05. The van der Waals surface area contributed by atoms with Crippen molar-refractivity contribution in [3.05, 3.63) is 42.2 Å². The number of rotatable bonds is 2. The zero-order valence-electron chi connectivity index (χ0n) is 14.4. The smallest absolute Gasteiger partial charge is 0.194 e. The van der Waals surface area contributed by atoms with E-state index < -0.39 is 0 Å². The molecule has 0 N–H and O–H groups in total. The molecule has 0 atom stereocenters. The summed E-state index contributed by atoms with van der Waals surface area (Å²) < 4.78 is 18.0. The summed E-state index contributed by atoms with van der Waals surface area (Å²) in [6.45, 7) is 1.82. The minimum absolute atomic E-state index is 0.293. The Morgan fingerprint density at radius 1 is 1.19 bits per heavy atom. The van der Waals surface area contributed by atoms with Crippen molar-refractivity contribution in [3.63, 3.8) is 0 Å². The zero-order chi connectivity index (χ0) is 17.8. The normalized spacial score (nSPS) is 16.8. The van der Waals surface area contributed by atoms with Gasteiger partial charge in [-0.1, -0.05) is 11.3 Å². The van der Waals surface area contributed by atoms with Gasteiger partial charge in [0.15, 0.2) is 18.8 Å². The van der Waals surface area contributed by atoms with E-state index in [0.717, 1.165) is 52.4 Å². The molecule has 0 aliphatic carbocycles. The maximum absolute atomic E-state index is 14.4. The molecule has 0 unspecified atom stereocenters. The van der Waals surface area contributed by atoms with Crippen LogP contribution < -0.4 is 0 Å². The Hall–Kier alpha value is -2.19. The van der Waals surface area contributed by atoms with Gasteiger partial charge in [0.05, 0.1) is 10.6 Å². The van der Waals surface area contributed by atoms with Crippen LogP contribution in [0, 0.1) is 5.82 Å². The molecule has 2 radical (unpaired) electrons. The fourth-order valence-electron chi connectivity index (χ4n) is 3.69. The van der Waals surface area contributed by atoms with Gasteiger partial charge in [-0.15, -0.1) is 0 Å². The average Bonchev–Trinajstić information content (AvgIpc) is 3.27. The van der Waals surface area contributed by atoms with Crippen molar-refractivity contribution >= 4 is 35.2 Å². The second-order valence-corrected chi connectivity index (χ2v) is 7.97. The quantitative estimate of drug-likeness (QED) is 0.512. The second-order valence-electron chi connectivity index (χ2n) is 6.96. The van der Waals surface area contributed by atoms with Gasteiger partial charge in [0.2, 0.25) is 0 Å². The number of aromatic nitrogens is 4. The lowest BCUT2D eigenvalue weighted by atomic mass is 9.92. The van der Waals surface area contributed by atoms with Crippen molar-refractivity contribution in [2.45, 2.75) is 18.8 Å². The SMILES string of the molecule is [B]N1CCC(c2cn3cc(-c4cc(F)c5nn(C)cc5c4)sc3n2)CC1. The topological polar surface area (TPSA) is 38.4 Å². The largest absolute Gasteiger partial charge is 0.353 e. The molecule has 1 aliphatic heterocycles. The van der Waals surface area contributed by atoms with Gasteiger partial charge in [0.1, 0.15) is 5.52 Å². The lowest BCUT2D eigenvalue weighted by Crippen LogP contribution is -2.30. The Bertz CT molecular complexity index is 1070. The van der Waals surface area contributed by atoms with Crippen molar-refractivity contribution in [2.75, 3.05) is 13.1 Å². The molecule has 3 aromatic heterocycles.